The van der Waals surface area contributed by atoms with Crippen LogP contribution in [-0.4, -0.2) is 11.0 Å². The first-order valence-corrected chi connectivity index (χ1v) is 5.03. The summed E-state index contributed by atoms with van der Waals surface area (Å²) in [6, 6.07) is 8.17. The van der Waals surface area contributed by atoms with Crippen LogP contribution < -0.4 is 0 Å². The fourth-order valence-electron chi connectivity index (χ4n) is 1.14. The normalized spacial score (nSPS) is 9.31. The van der Waals surface area contributed by atoms with E-state index in [1.807, 2.05) is 18.2 Å². The molecule has 13 heavy (non-hydrogen) atoms. The zero-order valence-electron chi connectivity index (χ0n) is 7.28. The molecule has 0 aliphatic rings. The van der Waals surface area contributed by atoms with Gasteiger partial charge in [0.1, 0.15) is 0 Å². The fraction of sp³-hybridized carbons (Fsp3) is 0.300. The van der Waals surface area contributed by atoms with Gasteiger partial charge in [-0.1, -0.05) is 34.1 Å². The number of benzene rings is 1. The average Bonchev–Trinajstić information content (AvgIpc) is 2.15. The van der Waals surface area contributed by atoms with Gasteiger partial charge >= 0.3 is 0 Å². The average molecular weight is 239 g/mol. The third-order valence-electron chi connectivity index (χ3n) is 1.82. The van der Waals surface area contributed by atoms with Gasteiger partial charge in [0.25, 0.3) is 6.21 Å². The molecule has 0 amide bonds. The van der Waals surface area contributed by atoms with Gasteiger partial charge in [0.2, 0.25) is 0 Å². The molecule has 1 aromatic carbocycles. The Kier molecular flexibility index (Phi) is 4.44. The van der Waals surface area contributed by atoms with E-state index < -0.39 is 0 Å². The van der Waals surface area contributed by atoms with Crippen LogP contribution in [0, 0.1) is 0 Å². The van der Waals surface area contributed by atoms with E-state index in [2.05, 4.69) is 26.8 Å². The number of hydrogen-bond donors (Lipinski definition) is 0. The van der Waals surface area contributed by atoms with Crippen molar-refractivity contribution in [3.63, 3.8) is 0 Å². The molecule has 3 heteroatoms. The number of nitrogens with zero attached hydrogens (tertiary/aromatic N) is 2. The molecule has 0 heterocycles. The Morgan fingerprint density at radius 3 is 2.85 bits per heavy atom. The molecule has 0 bridgehead atoms. The maximum Gasteiger partial charge on any atom is 0.257 e. The summed E-state index contributed by atoms with van der Waals surface area (Å²) >= 11 is 3.48. The molecular formula is C10H11BrN2. The van der Waals surface area contributed by atoms with Crippen LogP contribution in [0.2, 0.25) is 0 Å². The molecule has 68 valence electrons. The molecule has 1 rings (SSSR count). The molecule has 1 aromatic rings. The van der Waals surface area contributed by atoms with E-state index >= 15 is 0 Å². The standard InChI is InChI=1S/C10H11BrN2/c11-10-7-2-1-5-9(10)6-3-4-8-13-12/h1-2,5,7-8H,3-4,6H2. The van der Waals surface area contributed by atoms with E-state index in [4.69, 9.17) is 5.53 Å². The minimum absolute atomic E-state index is 0.817. The monoisotopic (exact) mass is 238 g/mol. The maximum absolute atomic E-state index is 8.18. The van der Waals surface area contributed by atoms with Crippen molar-refractivity contribution < 1.29 is 4.79 Å². The van der Waals surface area contributed by atoms with Crippen molar-refractivity contribution in [2.45, 2.75) is 19.3 Å². The topological polar surface area (TPSA) is 36.4 Å². The lowest BCUT2D eigenvalue weighted by atomic mass is 10.1. The molecule has 0 saturated heterocycles. The smallest absolute Gasteiger partial charge is 0.257 e. The first-order valence-electron chi connectivity index (χ1n) is 4.24. The second-order valence-corrected chi connectivity index (χ2v) is 3.64. The molecule has 0 atom stereocenters. The Bertz CT molecular complexity index is 316. The maximum atomic E-state index is 8.18. The highest BCUT2D eigenvalue weighted by atomic mass is 79.9. The van der Waals surface area contributed by atoms with Crippen molar-refractivity contribution in [1.82, 2.24) is 0 Å². The van der Waals surface area contributed by atoms with E-state index in [0.29, 0.717) is 0 Å². The molecule has 0 aromatic heterocycles. The van der Waals surface area contributed by atoms with Crippen molar-refractivity contribution in [2.24, 2.45) is 0 Å². The number of halogens is 1. The molecule has 0 radical (unpaired) electrons. The van der Waals surface area contributed by atoms with Gasteiger partial charge in [-0.15, -0.1) is 0 Å². The third-order valence-corrected chi connectivity index (χ3v) is 2.59. The van der Waals surface area contributed by atoms with Crippen LogP contribution in [0.25, 0.3) is 5.53 Å². The summed E-state index contributed by atoms with van der Waals surface area (Å²) in [5.41, 5.74) is 9.48. The molecule has 0 fully saturated rings. The highest BCUT2D eigenvalue weighted by Gasteiger charge is 1.97. The molecule has 0 saturated carbocycles. The Labute approximate surface area is 86.3 Å². The Morgan fingerprint density at radius 1 is 1.38 bits per heavy atom. The second kappa shape index (κ2) is 5.68. The molecular weight excluding hydrogens is 228 g/mol. The quantitative estimate of drug-likeness (QED) is 0.335. The van der Waals surface area contributed by atoms with E-state index in [9.17, 15) is 0 Å². The summed E-state index contributed by atoms with van der Waals surface area (Å²) in [5.74, 6) is 0. The van der Waals surface area contributed by atoms with Gasteiger partial charge < -0.3 is 5.53 Å². The van der Waals surface area contributed by atoms with Crippen molar-refractivity contribution >= 4 is 22.1 Å². The first-order chi connectivity index (χ1) is 6.34. The summed E-state index contributed by atoms with van der Waals surface area (Å²) in [6.45, 7) is 0. The van der Waals surface area contributed by atoms with Gasteiger partial charge in [0, 0.05) is 10.9 Å². The Hall–Kier alpha value is -0.920. The molecule has 0 N–H and O–H groups in total. The number of aryl methyl sites for hydroxylation is 1. The zero-order valence-corrected chi connectivity index (χ0v) is 8.87. The van der Waals surface area contributed by atoms with Gasteiger partial charge in [0.15, 0.2) is 0 Å². The summed E-state index contributed by atoms with van der Waals surface area (Å²) in [7, 11) is 0. The van der Waals surface area contributed by atoms with E-state index in [-0.39, 0.29) is 0 Å². The summed E-state index contributed by atoms with van der Waals surface area (Å²) in [6.07, 6.45) is 4.36. The lowest BCUT2D eigenvalue weighted by molar-refractivity contribution is 0.000786. The zero-order chi connectivity index (χ0) is 9.52. The molecule has 2 nitrogen and oxygen atoms in total. The number of rotatable bonds is 4. The lowest BCUT2D eigenvalue weighted by Crippen LogP contribution is -1.87. The Balaban J connectivity index is 2.45. The van der Waals surface area contributed by atoms with Gasteiger partial charge in [-0.2, -0.15) is 4.79 Å². The van der Waals surface area contributed by atoms with Crippen LogP contribution in [-0.2, 0) is 6.42 Å². The summed E-state index contributed by atoms with van der Waals surface area (Å²) in [5, 5.41) is 0. The minimum Gasteiger partial charge on any atom is -0.362 e. The predicted octanol–water partition coefficient (Wildman–Crippen LogP) is 3.07. The summed E-state index contributed by atoms with van der Waals surface area (Å²) < 4.78 is 1.15. The Morgan fingerprint density at radius 2 is 2.15 bits per heavy atom. The third kappa shape index (κ3) is 3.53. The summed E-state index contributed by atoms with van der Waals surface area (Å²) in [4.78, 5) is 2.95. The van der Waals surface area contributed by atoms with Crippen LogP contribution in [0.4, 0.5) is 0 Å². The highest BCUT2D eigenvalue weighted by Crippen LogP contribution is 2.17. The van der Waals surface area contributed by atoms with Gasteiger partial charge in [-0.05, 0) is 24.5 Å². The van der Waals surface area contributed by atoms with Crippen LogP contribution >= 0.6 is 15.9 Å². The molecule has 0 aliphatic carbocycles. The molecule has 0 spiro atoms. The van der Waals surface area contributed by atoms with E-state index in [1.165, 1.54) is 11.8 Å². The SMILES string of the molecule is [N-]=[N+]=CCCCc1ccccc1Br. The number of unbranched alkanes of at least 4 members (excludes halogenated alkanes) is 1. The predicted molar refractivity (Wildman–Crippen MR) is 56.8 cm³/mol. The van der Waals surface area contributed by atoms with Crippen molar-refractivity contribution in [3.8, 4) is 0 Å². The van der Waals surface area contributed by atoms with Crippen LogP contribution in [0.15, 0.2) is 28.7 Å². The van der Waals surface area contributed by atoms with Crippen molar-refractivity contribution in [2.75, 3.05) is 0 Å². The second-order valence-electron chi connectivity index (χ2n) is 2.78. The van der Waals surface area contributed by atoms with Crippen molar-refractivity contribution in [1.29, 1.82) is 0 Å². The van der Waals surface area contributed by atoms with E-state index in [0.717, 1.165) is 23.7 Å². The minimum atomic E-state index is 0.817. The van der Waals surface area contributed by atoms with Gasteiger partial charge in [-0.3, -0.25) is 0 Å². The van der Waals surface area contributed by atoms with Gasteiger partial charge in [0.05, 0.1) is 0 Å². The molecule has 0 aliphatic heterocycles. The van der Waals surface area contributed by atoms with Crippen molar-refractivity contribution in [3.05, 3.63) is 39.8 Å². The first kappa shape index (κ1) is 10.2. The largest absolute Gasteiger partial charge is 0.362 e. The van der Waals surface area contributed by atoms with Crippen LogP contribution in [0.1, 0.15) is 18.4 Å². The van der Waals surface area contributed by atoms with Crippen LogP contribution in [0.5, 0.6) is 0 Å². The number of hydrogen-bond acceptors (Lipinski definition) is 0. The lowest BCUT2D eigenvalue weighted by Gasteiger charge is -2.00. The highest BCUT2D eigenvalue weighted by molar-refractivity contribution is 9.10. The van der Waals surface area contributed by atoms with Crippen LogP contribution in [0.3, 0.4) is 0 Å². The fourth-order valence-corrected chi connectivity index (χ4v) is 1.63. The van der Waals surface area contributed by atoms with Gasteiger partial charge in [-0.25, -0.2) is 0 Å². The van der Waals surface area contributed by atoms with E-state index in [1.54, 1.807) is 0 Å². The molecule has 0 unspecified atom stereocenters.